The molecule has 20 heavy (non-hydrogen) atoms. The van der Waals surface area contributed by atoms with Crippen LogP contribution < -0.4 is 0 Å². The van der Waals surface area contributed by atoms with Gasteiger partial charge in [-0.25, -0.2) is 17.6 Å². The fourth-order valence-corrected chi connectivity index (χ4v) is 3.80. The Kier molecular flexibility index (Phi) is 5.70. The standard InChI is InChI=1S/C13H16BrFO4S/c1-8(2)4-3-5-20(18,19)11-7-9(14)6-10(12(11)15)13(16)17/h6-8H,3-5H2,1-2H3,(H,16,17). The minimum absolute atomic E-state index is 0.197. The largest absolute Gasteiger partial charge is 0.478 e. The van der Waals surface area contributed by atoms with E-state index in [9.17, 15) is 17.6 Å². The Bertz CT molecular complexity index is 611. The number of hydrogen-bond donors (Lipinski definition) is 1. The molecule has 0 unspecified atom stereocenters. The Balaban J connectivity index is 3.15. The van der Waals surface area contributed by atoms with Gasteiger partial charge in [0.05, 0.1) is 11.3 Å². The van der Waals surface area contributed by atoms with E-state index in [-0.39, 0.29) is 10.2 Å². The average molecular weight is 367 g/mol. The molecule has 1 rings (SSSR count). The summed E-state index contributed by atoms with van der Waals surface area (Å²) in [4.78, 5) is 10.3. The molecule has 0 heterocycles. The molecule has 0 fully saturated rings. The van der Waals surface area contributed by atoms with Crippen molar-refractivity contribution in [3.8, 4) is 0 Å². The monoisotopic (exact) mass is 366 g/mol. The molecular formula is C13H16BrFO4S. The van der Waals surface area contributed by atoms with Crippen LogP contribution in [0.25, 0.3) is 0 Å². The average Bonchev–Trinajstić information content (AvgIpc) is 2.30. The number of benzene rings is 1. The highest BCUT2D eigenvalue weighted by Crippen LogP contribution is 2.26. The Morgan fingerprint density at radius 3 is 2.50 bits per heavy atom. The van der Waals surface area contributed by atoms with Gasteiger partial charge in [-0.3, -0.25) is 0 Å². The van der Waals surface area contributed by atoms with Gasteiger partial charge >= 0.3 is 5.97 Å². The van der Waals surface area contributed by atoms with E-state index in [0.29, 0.717) is 18.8 Å². The Morgan fingerprint density at radius 1 is 1.40 bits per heavy atom. The second-order valence-electron chi connectivity index (χ2n) is 4.93. The van der Waals surface area contributed by atoms with E-state index in [2.05, 4.69) is 15.9 Å². The van der Waals surface area contributed by atoms with Gasteiger partial charge in [-0.15, -0.1) is 0 Å². The number of carboxylic acids is 1. The number of carbonyl (C=O) groups is 1. The van der Waals surface area contributed by atoms with Gasteiger partial charge in [-0.05, 0) is 30.9 Å². The number of hydrogen-bond acceptors (Lipinski definition) is 3. The minimum atomic E-state index is -3.83. The molecule has 0 aliphatic rings. The first-order valence-corrected chi connectivity index (χ1v) is 8.54. The third kappa shape index (κ3) is 4.28. The van der Waals surface area contributed by atoms with E-state index >= 15 is 0 Å². The lowest BCUT2D eigenvalue weighted by molar-refractivity contribution is 0.0691. The summed E-state index contributed by atoms with van der Waals surface area (Å²) in [6.45, 7) is 3.93. The fraction of sp³-hybridized carbons (Fsp3) is 0.462. The maximum absolute atomic E-state index is 14.0. The number of rotatable bonds is 6. The van der Waals surface area contributed by atoms with Gasteiger partial charge in [-0.2, -0.15) is 0 Å². The van der Waals surface area contributed by atoms with Gasteiger partial charge in [0, 0.05) is 4.47 Å². The lowest BCUT2D eigenvalue weighted by atomic mass is 10.1. The summed E-state index contributed by atoms with van der Waals surface area (Å²) in [6, 6.07) is 2.15. The van der Waals surface area contributed by atoms with Crippen molar-refractivity contribution in [1.82, 2.24) is 0 Å². The highest BCUT2D eigenvalue weighted by Gasteiger charge is 2.24. The van der Waals surface area contributed by atoms with Crippen molar-refractivity contribution in [2.45, 2.75) is 31.6 Å². The van der Waals surface area contributed by atoms with E-state index in [1.807, 2.05) is 13.8 Å². The number of aromatic carboxylic acids is 1. The van der Waals surface area contributed by atoms with Gasteiger partial charge in [-0.1, -0.05) is 29.8 Å². The Hall–Kier alpha value is -0.950. The molecule has 1 aromatic rings. The summed E-state index contributed by atoms with van der Waals surface area (Å²) in [6.07, 6.45) is 1.12. The first-order chi connectivity index (χ1) is 9.15. The summed E-state index contributed by atoms with van der Waals surface area (Å²) in [7, 11) is -3.83. The van der Waals surface area contributed by atoms with Gasteiger partial charge in [0.2, 0.25) is 0 Å². The molecular weight excluding hydrogens is 351 g/mol. The van der Waals surface area contributed by atoms with Crippen molar-refractivity contribution in [3.05, 3.63) is 28.0 Å². The van der Waals surface area contributed by atoms with Gasteiger partial charge < -0.3 is 5.11 Å². The van der Waals surface area contributed by atoms with Crippen LogP contribution in [0.5, 0.6) is 0 Å². The van der Waals surface area contributed by atoms with E-state index in [1.165, 1.54) is 0 Å². The molecule has 7 heteroatoms. The topological polar surface area (TPSA) is 71.4 Å². The maximum Gasteiger partial charge on any atom is 0.338 e. The zero-order chi connectivity index (χ0) is 15.5. The highest BCUT2D eigenvalue weighted by atomic mass is 79.9. The van der Waals surface area contributed by atoms with E-state index < -0.39 is 32.1 Å². The normalized spacial score (nSPS) is 11.8. The fourth-order valence-electron chi connectivity index (χ4n) is 1.74. The summed E-state index contributed by atoms with van der Waals surface area (Å²) in [5.41, 5.74) is -0.651. The number of carboxylic acid groups (broad SMARTS) is 1. The molecule has 0 amide bonds. The molecule has 0 aliphatic carbocycles. The molecule has 0 spiro atoms. The minimum Gasteiger partial charge on any atom is -0.478 e. The van der Waals surface area contributed by atoms with Crippen molar-refractivity contribution in [2.24, 2.45) is 5.92 Å². The predicted molar refractivity (Wildman–Crippen MR) is 77.2 cm³/mol. The first kappa shape index (κ1) is 17.1. The van der Waals surface area contributed by atoms with Crippen LogP contribution in [-0.2, 0) is 9.84 Å². The van der Waals surface area contributed by atoms with Gasteiger partial charge in [0.25, 0.3) is 0 Å². The van der Waals surface area contributed by atoms with Crippen LogP contribution in [0.15, 0.2) is 21.5 Å². The molecule has 4 nitrogen and oxygen atoms in total. The molecule has 0 radical (unpaired) electrons. The van der Waals surface area contributed by atoms with Crippen LogP contribution in [-0.4, -0.2) is 25.2 Å². The third-order valence-electron chi connectivity index (χ3n) is 2.76. The summed E-state index contributed by atoms with van der Waals surface area (Å²) < 4.78 is 38.4. The zero-order valence-corrected chi connectivity index (χ0v) is 13.6. The maximum atomic E-state index is 14.0. The molecule has 0 aromatic heterocycles. The van der Waals surface area contributed by atoms with Crippen LogP contribution in [0.3, 0.4) is 0 Å². The molecule has 0 atom stereocenters. The molecule has 112 valence electrons. The summed E-state index contributed by atoms with van der Waals surface area (Å²) in [5.74, 6) is -2.54. The smallest absolute Gasteiger partial charge is 0.338 e. The molecule has 0 saturated heterocycles. The molecule has 1 N–H and O–H groups in total. The first-order valence-electron chi connectivity index (χ1n) is 6.10. The van der Waals surface area contributed by atoms with Crippen LogP contribution >= 0.6 is 15.9 Å². The zero-order valence-electron chi connectivity index (χ0n) is 11.2. The quantitative estimate of drug-likeness (QED) is 0.836. The second kappa shape index (κ2) is 6.67. The van der Waals surface area contributed by atoms with Crippen molar-refractivity contribution >= 4 is 31.7 Å². The lowest BCUT2D eigenvalue weighted by Crippen LogP contribution is -2.13. The number of sulfone groups is 1. The molecule has 0 bridgehead atoms. The van der Waals surface area contributed by atoms with Crippen molar-refractivity contribution < 1.29 is 22.7 Å². The molecule has 0 aliphatic heterocycles. The summed E-state index contributed by atoms with van der Waals surface area (Å²) in [5, 5.41) is 8.87. The summed E-state index contributed by atoms with van der Waals surface area (Å²) >= 11 is 3.00. The Labute approximate surface area is 126 Å². The lowest BCUT2D eigenvalue weighted by Gasteiger charge is -2.09. The SMILES string of the molecule is CC(C)CCCS(=O)(=O)c1cc(Br)cc(C(=O)O)c1F. The van der Waals surface area contributed by atoms with E-state index in [4.69, 9.17) is 5.11 Å². The Morgan fingerprint density at radius 2 is 2.00 bits per heavy atom. The van der Waals surface area contributed by atoms with Crippen molar-refractivity contribution in [2.75, 3.05) is 5.75 Å². The van der Waals surface area contributed by atoms with E-state index in [1.54, 1.807) is 0 Å². The van der Waals surface area contributed by atoms with Crippen LogP contribution in [0, 0.1) is 11.7 Å². The predicted octanol–water partition coefficient (Wildman–Crippen LogP) is 3.50. The van der Waals surface area contributed by atoms with E-state index in [0.717, 1.165) is 12.1 Å². The third-order valence-corrected chi connectivity index (χ3v) is 5.02. The van der Waals surface area contributed by atoms with Crippen molar-refractivity contribution in [1.29, 1.82) is 0 Å². The van der Waals surface area contributed by atoms with Crippen LogP contribution in [0.4, 0.5) is 4.39 Å². The van der Waals surface area contributed by atoms with Crippen LogP contribution in [0.1, 0.15) is 37.0 Å². The molecule has 0 saturated carbocycles. The molecule has 1 aromatic carbocycles. The second-order valence-corrected chi connectivity index (χ2v) is 7.92. The van der Waals surface area contributed by atoms with Crippen molar-refractivity contribution in [3.63, 3.8) is 0 Å². The highest BCUT2D eigenvalue weighted by molar-refractivity contribution is 9.10. The van der Waals surface area contributed by atoms with Gasteiger partial charge in [0.15, 0.2) is 15.7 Å². The number of halogens is 2. The van der Waals surface area contributed by atoms with Crippen LogP contribution in [0.2, 0.25) is 0 Å². The van der Waals surface area contributed by atoms with Gasteiger partial charge in [0.1, 0.15) is 4.90 Å².